The zero-order chi connectivity index (χ0) is 5.11. The summed E-state index contributed by atoms with van der Waals surface area (Å²) in [5.41, 5.74) is 0. The number of hydrogen-bond acceptors (Lipinski definition) is 0. The molecule has 0 amide bonds. The van der Waals surface area contributed by atoms with E-state index in [1.807, 2.05) is 6.08 Å². The van der Waals surface area contributed by atoms with Gasteiger partial charge in [0.05, 0.1) is 0 Å². The van der Waals surface area contributed by atoms with Crippen LogP contribution in [0.4, 0.5) is 0 Å². The van der Waals surface area contributed by atoms with Gasteiger partial charge in [0.2, 0.25) is 0 Å². The Kier molecular flexibility index (Phi) is 1.50. The predicted molar refractivity (Wildman–Crippen MR) is 33.5 cm³/mol. The zero-order valence-corrected chi connectivity index (χ0v) is 5.64. The Balaban J connectivity index is 2.96. The van der Waals surface area contributed by atoms with Gasteiger partial charge in [0.1, 0.15) is 0 Å². The van der Waals surface area contributed by atoms with Crippen LogP contribution in [0, 0.1) is 0 Å². The van der Waals surface area contributed by atoms with Crippen molar-refractivity contribution in [2.24, 2.45) is 0 Å². The monoisotopic (exact) mass is 158 g/mol. The quantitative estimate of drug-likeness (QED) is 0.540. The molecule has 0 aliphatic heterocycles. The standard InChI is InChI=1S/C6H6Se/c1-2-6-4-3-5-7-6/h2-5H,1H2. The van der Waals surface area contributed by atoms with Crippen molar-refractivity contribution in [2.45, 2.75) is 0 Å². The van der Waals surface area contributed by atoms with E-state index in [0.29, 0.717) is 14.5 Å². The first-order valence-electron chi connectivity index (χ1n) is 2.09. The van der Waals surface area contributed by atoms with Crippen LogP contribution in [-0.4, -0.2) is 14.5 Å². The van der Waals surface area contributed by atoms with E-state index in [0.717, 1.165) is 0 Å². The van der Waals surface area contributed by atoms with Gasteiger partial charge in [-0.3, -0.25) is 0 Å². The fourth-order valence-electron chi connectivity index (χ4n) is 0.407. The Morgan fingerprint density at radius 3 is 2.86 bits per heavy atom. The molecule has 1 heterocycles. The molecular formula is C6H6Se. The van der Waals surface area contributed by atoms with Crippen LogP contribution in [-0.2, 0) is 0 Å². The van der Waals surface area contributed by atoms with Crippen LogP contribution in [0.15, 0.2) is 23.7 Å². The first-order chi connectivity index (χ1) is 3.43. The van der Waals surface area contributed by atoms with E-state index >= 15 is 0 Å². The Hall–Kier alpha value is -0.261. The molecule has 0 radical (unpaired) electrons. The number of hydrogen-bond donors (Lipinski definition) is 0. The summed E-state index contributed by atoms with van der Waals surface area (Å²) in [6.07, 6.45) is 1.92. The van der Waals surface area contributed by atoms with Crippen LogP contribution in [0.3, 0.4) is 0 Å². The molecule has 1 rings (SSSR count). The molecule has 0 aromatic carbocycles. The second-order valence-corrected chi connectivity index (χ2v) is 3.27. The maximum absolute atomic E-state index is 3.65. The average Bonchev–Trinajstić information content (AvgIpc) is 2.14. The molecule has 0 fully saturated rings. The fourth-order valence-corrected chi connectivity index (χ4v) is 1.60. The van der Waals surface area contributed by atoms with Crippen LogP contribution in [0.2, 0.25) is 0 Å². The molecule has 0 atom stereocenters. The van der Waals surface area contributed by atoms with Crippen molar-refractivity contribution >= 4 is 20.6 Å². The van der Waals surface area contributed by atoms with Crippen LogP contribution in [0.5, 0.6) is 0 Å². The van der Waals surface area contributed by atoms with E-state index in [2.05, 4.69) is 23.7 Å². The Bertz CT molecular complexity index is 139. The number of rotatable bonds is 1. The minimum absolute atomic E-state index is 0.599. The van der Waals surface area contributed by atoms with E-state index in [1.165, 1.54) is 4.44 Å². The van der Waals surface area contributed by atoms with E-state index in [4.69, 9.17) is 0 Å². The molecule has 1 aromatic heterocycles. The summed E-state index contributed by atoms with van der Waals surface area (Å²) < 4.78 is 1.38. The van der Waals surface area contributed by atoms with E-state index < -0.39 is 0 Å². The van der Waals surface area contributed by atoms with Crippen molar-refractivity contribution < 1.29 is 0 Å². The second-order valence-electron chi connectivity index (χ2n) is 1.22. The van der Waals surface area contributed by atoms with Crippen molar-refractivity contribution in [1.29, 1.82) is 0 Å². The average molecular weight is 157 g/mol. The van der Waals surface area contributed by atoms with Gasteiger partial charge in [0.15, 0.2) is 0 Å². The molecule has 0 unspecified atom stereocenters. The van der Waals surface area contributed by atoms with Crippen molar-refractivity contribution in [2.75, 3.05) is 0 Å². The van der Waals surface area contributed by atoms with E-state index in [-0.39, 0.29) is 0 Å². The van der Waals surface area contributed by atoms with Crippen LogP contribution < -0.4 is 0 Å². The summed E-state index contributed by atoms with van der Waals surface area (Å²) in [5, 5.41) is 0. The topological polar surface area (TPSA) is 0 Å². The van der Waals surface area contributed by atoms with Crippen LogP contribution in [0.1, 0.15) is 4.44 Å². The summed E-state index contributed by atoms with van der Waals surface area (Å²) in [7, 11) is 0. The van der Waals surface area contributed by atoms with Gasteiger partial charge in [-0.1, -0.05) is 0 Å². The Labute approximate surface area is 49.2 Å². The van der Waals surface area contributed by atoms with Gasteiger partial charge >= 0.3 is 48.7 Å². The molecule has 0 aliphatic carbocycles. The van der Waals surface area contributed by atoms with E-state index in [1.54, 1.807) is 0 Å². The summed E-state index contributed by atoms with van der Waals surface area (Å²) in [6.45, 7) is 3.65. The molecule has 7 heavy (non-hydrogen) atoms. The molecule has 0 saturated carbocycles. The van der Waals surface area contributed by atoms with Crippen LogP contribution >= 0.6 is 0 Å². The second kappa shape index (κ2) is 2.15. The summed E-state index contributed by atoms with van der Waals surface area (Å²) >= 11 is 0.599. The van der Waals surface area contributed by atoms with Gasteiger partial charge in [-0.2, -0.15) is 0 Å². The Morgan fingerprint density at radius 2 is 2.57 bits per heavy atom. The summed E-state index contributed by atoms with van der Waals surface area (Å²) in [4.78, 5) is 2.18. The molecule has 1 aromatic rings. The first kappa shape index (κ1) is 4.89. The third kappa shape index (κ3) is 1.05. The molecule has 36 valence electrons. The Morgan fingerprint density at radius 1 is 1.71 bits per heavy atom. The zero-order valence-electron chi connectivity index (χ0n) is 3.92. The van der Waals surface area contributed by atoms with Crippen molar-refractivity contribution in [3.05, 3.63) is 28.1 Å². The minimum atomic E-state index is 0.599. The first-order valence-corrected chi connectivity index (χ1v) is 3.94. The van der Waals surface area contributed by atoms with Gasteiger partial charge in [-0.25, -0.2) is 0 Å². The summed E-state index contributed by atoms with van der Waals surface area (Å²) in [6, 6.07) is 4.18. The maximum atomic E-state index is 3.65. The third-order valence-electron chi connectivity index (χ3n) is 0.744. The molecule has 0 bridgehead atoms. The van der Waals surface area contributed by atoms with Gasteiger partial charge in [0, 0.05) is 0 Å². The van der Waals surface area contributed by atoms with E-state index in [9.17, 15) is 0 Å². The molecule has 0 spiro atoms. The molecule has 0 nitrogen and oxygen atoms in total. The normalized spacial score (nSPS) is 8.57. The van der Waals surface area contributed by atoms with Gasteiger partial charge in [-0.15, -0.1) is 0 Å². The SMILES string of the molecule is C=Cc1ccc[se]1. The predicted octanol–water partition coefficient (Wildman–Crippen LogP) is 1.39. The molecular weight excluding hydrogens is 151 g/mol. The molecule has 0 aliphatic rings. The van der Waals surface area contributed by atoms with Gasteiger partial charge < -0.3 is 0 Å². The fraction of sp³-hybridized carbons (Fsp3) is 0. The summed E-state index contributed by atoms with van der Waals surface area (Å²) in [5.74, 6) is 0. The third-order valence-corrected chi connectivity index (χ3v) is 2.57. The molecule has 0 saturated heterocycles. The van der Waals surface area contributed by atoms with Gasteiger partial charge in [-0.05, 0) is 0 Å². The van der Waals surface area contributed by atoms with Crippen molar-refractivity contribution in [1.82, 2.24) is 0 Å². The van der Waals surface area contributed by atoms with Crippen molar-refractivity contribution in [3.63, 3.8) is 0 Å². The molecule has 0 N–H and O–H groups in total. The molecule has 1 heteroatoms. The van der Waals surface area contributed by atoms with Crippen molar-refractivity contribution in [3.8, 4) is 0 Å². The van der Waals surface area contributed by atoms with Crippen LogP contribution in [0.25, 0.3) is 6.08 Å². The van der Waals surface area contributed by atoms with Gasteiger partial charge in [0.25, 0.3) is 0 Å².